The lowest BCUT2D eigenvalue weighted by Gasteiger charge is -2.33. The lowest BCUT2D eigenvalue weighted by molar-refractivity contribution is -0.274. The molecule has 0 atom stereocenters. The minimum Gasteiger partial charge on any atom is -0.497 e. The third-order valence-electron chi connectivity index (χ3n) is 5.03. The Balaban J connectivity index is 1.45. The lowest BCUT2D eigenvalue weighted by atomic mass is 10.1. The van der Waals surface area contributed by atoms with Gasteiger partial charge in [0.25, 0.3) is 0 Å². The van der Waals surface area contributed by atoms with Crippen LogP contribution < -0.4 is 14.4 Å². The third kappa shape index (κ3) is 5.29. The molecule has 4 rings (SSSR count). The van der Waals surface area contributed by atoms with Crippen molar-refractivity contribution in [1.29, 1.82) is 0 Å². The van der Waals surface area contributed by atoms with Crippen molar-refractivity contribution in [2.45, 2.75) is 25.9 Å². The summed E-state index contributed by atoms with van der Waals surface area (Å²) >= 11 is 0. The first-order valence-corrected chi connectivity index (χ1v) is 9.78. The molecule has 0 radical (unpaired) electrons. The number of rotatable bonds is 6. The molecular formula is C22H23F3N4O2. The number of nitrogens with one attached hydrogen (secondary N) is 1. The Kier molecular flexibility index (Phi) is 5.77. The molecule has 31 heavy (non-hydrogen) atoms. The fraction of sp³-hybridized carbons (Fsp3) is 0.318. The monoisotopic (exact) mass is 432 g/mol. The fourth-order valence-corrected chi connectivity index (χ4v) is 3.74. The zero-order chi connectivity index (χ0) is 22.0. The maximum atomic E-state index is 12.5. The van der Waals surface area contributed by atoms with E-state index in [1.165, 1.54) is 17.7 Å². The van der Waals surface area contributed by atoms with Crippen LogP contribution >= 0.6 is 0 Å². The molecule has 1 aromatic heterocycles. The molecule has 2 aromatic carbocycles. The first-order valence-electron chi connectivity index (χ1n) is 9.78. The van der Waals surface area contributed by atoms with Crippen molar-refractivity contribution in [3.05, 3.63) is 71.2 Å². The number of benzene rings is 2. The van der Waals surface area contributed by atoms with Crippen molar-refractivity contribution in [2.24, 2.45) is 0 Å². The zero-order valence-corrected chi connectivity index (χ0v) is 17.2. The number of ether oxygens (including phenoxy) is 2. The number of anilines is 1. The Morgan fingerprint density at radius 3 is 2.55 bits per heavy atom. The highest BCUT2D eigenvalue weighted by Crippen LogP contribution is 2.27. The molecule has 0 spiro atoms. The van der Waals surface area contributed by atoms with Gasteiger partial charge in [-0.05, 0) is 35.4 Å². The van der Waals surface area contributed by atoms with E-state index in [9.17, 15) is 13.2 Å². The number of hydrogen-bond donors (Lipinski definition) is 1. The Morgan fingerprint density at radius 2 is 1.84 bits per heavy atom. The first-order chi connectivity index (χ1) is 14.8. The molecule has 6 nitrogen and oxygen atoms in total. The summed E-state index contributed by atoms with van der Waals surface area (Å²) < 4.78 is 46.6. The van der Waals surface area contributed by atoms with Crippen molar-refractivity contribution in [3.63, 3.8) is 0 Å². The number of alkyl halides is 3. The van der Waals surface area contributed by atoms with Crippen molar-refractivity contribution in [1.82, 2.24) is 14.9 Å². The molecule has 0 bridgehead atoms. The van der Waals surface area contributed by atoms with Crippen molar-refractivity contribution >= 4 is 5.82 Å². The maximum absolute atomic E-state index is 12.5. The van der Waals surface area contributed by atoms with Crippen LogP contribution in [-0.2, 0) is 19.5 Å². The first kappa shape index (κ1) is 21.0. The van der Waals surface area contributed by atoms with Gasteiger partial charge in [-0.15, -0.1) is 13.2 Å². The molecule has 0 aliphatic carbocycles. The van der Waals surface area contributed by atoms with Gasteiger partial charge in [0, 0.05) is 26.6 Å². The van der Waals surface area contributed by atoms with Gasteiger partial charge in [0.1, 0.15) is 17.3 Å². The van der Waals surface area contributed by atoms with Crippen LogP contribution in [0.3, 0.4) is 0 Å². The van der Waals surface area contributed by atoms with Crippen LogP contribution in [0.4, 0.5) is 19.0 Å². The Labute approximate surface area is 178 Å². The van der Waals surface area contributed by atoms with Gasteiger partial charge in [-0.25, -0.2) is 4.98 Å². The smallest absolute Gasteiger partial charge is 0.497 e. The summed E-state index contributed by atoms with van der Waals surface area (Å²) in [4.78, 5) is 12.3. The van der Waals surface area contributed by atoms with E-state index in [0.717, 1.165) is 30.5 Å². The van der Waals surface area contributed by atoms with Gasteiger partial charge in [-0.2, -0.15) is 0 Å². The van der Waals surface area contributed by atoms with E-state index in [0.29, 0.717) is 24.4 Å². The predicted molar refractivity (Wildman–Crippen MR) is 110 cm³/mol. The number of aromatic amines is 1. The molecule has 1 N–H and O–H groups in total. The van der Waals surface area contributed by atoms with Gasteiger partial charge in [0.2, 0.25) is 0 Å². The number of nitrogens with zero attached hydrogens (tertiary/aromatic N) is 3. The Hall–Kier alpha value is -3.20. The fourth-order valence-electron chi connectivity index (χ4n) is 3.74. The quantitative estimate of drug-likeness (QED) is 0.629. The van der Waals surface area contributed by atoms with Gasteiger partial charge in [-0.3, -0.25) is 4.90 Å². The highest BCUT2D eigenvalue weighted by atomic mass is 19.4. The van der Waals surface area contributed by atoms with E-state index in [1.807, 2.05) is 31.3 Å². The average molecular weight is 432 g/mol. The Bertz CT molecular complexity index is 1030. The van der Waals surface area contributed by atoms with Crippen LogP contribution in [0.2, 0.25) is 0 Å². The molecule has 0 fully saturated rings. The minimum absolute atomic E-state index is 0.232. The van der Waals surface area contributed by atoms with Crippen molar-refractivity contribution < 1.29 is 22.6 Å². The molecule has 0 saturated heterocycles. The number of hydrogen-bond acceptors (Lipinski definition) is 5. The number of fused-ring (bicyclic) bond motifs is 1. The summed E-state index contributed by atoms with van der Waals surface area (Å²) in [6, 6.07) is 13.9. The number of H-pyrrole nitrogens is 1. The summed E-state index contributed by atoms with van der Waals surface area (Å²) in [5.41, 5.74) is 2.85. The third-order valence-corrected chi connectivity index (χ3v) is 5.03. The number of methoxy groups -OCH3 is 1. The lowest BCUT2D eigenvalue weighted by Crippen LogP contribution is -2.39. The van der Waals surface area contributed by atoms with E-state index >= 15 is 0 Å². The van der Waals surface area contributed by atoms with Crippen LogP contribution in [0, 0.1) is 0 Å². The SMILES string of the molecule is COc1ccc(CN2Cc3[nH]c(Cc4cccc(OC(F)(F)F)c4)nc3N(C)C2)cc1. The number of aromatic nitrogens is 2. The van der Waals surface area contributed by atoms with Crippen LogP contribution in [0.15, 0.2) is 48.5 Å². The van der Waals surface area contributed by atoms with E-state index in [4.69, 9.17) is 4.74 Å². The number of halogens is 3. The molecule has 1 aliphatic rings. The topological polar surface area (TPSA) is 53.6 Å². The molecule has 2 heterocycles. The largest absolute Gasteiger partial charge is 0.573 e. The highest BCUT2D eigenvalue weighted by molar-refractivity contribution is 5.46. The summed E-state index contributed by atoms with van der Waals surface area (Å²) in [6.45, 7) is 2.20. The second kappa shape index (κ2) is 8.50. The summed E-state index contributed by atoms with van der Waals surface area (Å²) in [7, 11) is 3.62. The maximum Gasteiger partial charge on any atom is 0.573 e. The van der Waals surface area contributed by atoms with E-state index in [1.54, 1.807) is 19.2 Å². The predicted octanol–water partition coefficient (Wildman–Crippen LogP) is 4.32. The van der Waals surface area contributed by atoms with Crippen molar-refractivity contribution in [3.8, 4) is 11.5 Å². The van der Waals surface area contributed by atoms with Crippen LogP contribution in [0.5, 0.6) is 11.5 Å². The van der Waals surface area contributed by atoms with Gasteiger partial charge in [0.15, 0.2) is 5.82 Å². The molecule has 164 valence electrons. The summed E-state index contributed by atoms with van der Waals surface area (Å²) in [5.74, 6) is 2.16. The molecule has 0 unspecified atom stereocenters. The molecule has 9 heteroatoms. The summed E-state index contributed by atoms with van der Waals surface area (Å²) in [6.07, 6.45) is -4.33. The van der Waals surface area contributed by atoms with Crippen LogP contribution in [-0.4, -0.2) is 42.1 Å². The van der Waals surface area contributed by atoms with Gasteiger partial charge >= 0.3 is 6.36 Å². The van der Waals surface area contributed by atoms with Gasteiger partial charge in [-0.1, -0.05) is 24.3 Å². The molecule has 0 amide bonds. The molecule has 1 aliphatic heterocycles. The minimum atomic E-state index is -4.71. The van der Waals surface area contributed by atoms with Gasteiger partial charge in [0.05, 0.1) is 19.5 Å². The van der Waals surface area contributed by atoms with E-state index < -0.39 is 6.36 Å². The zero-order valence-electron chi connectivity index (χ0n) is 17.2. The second-order valence-corrected chi connectivity index (χ2v) is 7.53. The van der Waals surface area contributed by atoms with E-state index in [-0.39, 0.29) is 5.75 Å². The van der Waals surface area contributed by atoms with Crippen LogP contribution in [0.1, 0.15) is 22.6 Å². The van der Waals surface area contributed by atoms with Crippen LogP contribution in [0.25, 0.3) is 0 Å². The number of imidazole rings is 1. The van der Waals surface area contributed by atoms with Crippen molar-refractivity contribution in [2.75, 3.05) is 25.7 Å². The van der Waals surface area contributed by atoms with E-state index in [2.05, 4.69) is 24.5 Å². The second-order valence-electron chi connectivity index (χ2n) is 7.53. The molecular weight excluding hydrogens is 409 g/mol. The molecule has 3 aromatic rings. The average Bonchev–Trinajstić information content (AvgIpc) is 3.10. The molecule has 0 saturated carbocycles. The Morgan fingerprint density at radius 1 is 1.06 bits per heavy atom. The van der Waals surface area contributed by atoms with Gasteiger partial charge < -0.3 is 19.4 Å². The standard InChI is InChI=1S/C22H23F3N4O2/c1-28-14-29(12-15-6-8-17(30-2)9-7-15)13-19-21(28)27-20(26-19)11-16-4-3-5-18(10-16)31-22(23,24)25/h3-10H,11-14H2,1-2H3,(H,26,27). The highest BCUT2D eigenvalue weighted by Gasteiger charge is 2.31. The normalized spacial score (nSPS) is 14.4. The summed E-state index contributed by atoms with van der Waals surface area (Å²) in [5, 5.41) is 0.